The lowest BCUT2D eigenvalue weighted by molar-refractivity contribution is -0.113. The number of anilines is 1. The SMILES string of the molecule is Cc1ccc(C(=O)N[C@@H](c2nnc(SCC(=O)Nc3ccc(C)c(Cl)c3)n2C)C(C)C)cc1. The van der Waals surface area contributed by atoms with E-state index in [0.717, 1.165) is 11.1 Å². The third kappa shape index (κ3) is 6.36. The third-order valence-corrected chi connectivity index (χ3v) is 6.63. The van der Waals surface area contributed by atoms with Gasteiger partial charge in [-0.05, 0) is 49.6 Å². The molecule has 2 N–H and O–H groups in total. The Bertz CT molecular complexity index is 1140. The van der Waals surface area contributed by atoms with Crippen LogP contribution in [0.1, 0.15) is 47.2 Å². The molecule has 0 spiro atoms. The predicted molar refractivity (Wildman–Crippen MR) is 133 cm³/mol. The molecule has 2 aromatic carbocycles. The van der Waals surface area contributed by atoms with Gasteiger partial charge in [0.1, 0.15) is 0 Å². The molecule has 1 atom stereocenters. The fourth-order valence-electron chi connectivity index (χ4n) is 3.18. The normalized spacial score (nSPS) is 12.0. The highest BCUT2D eigenvalue weighted by Crippen LogP contribution is 2.25. The van der Waals surface area contributed by atoms with Gasteiger partial charge in [-0.2, -0.15) is 0 Å². The van der Waals surface area contributed by atoms with Crippen molar-refractivity contribution in [3.05, 3.63) is 70.0 Å². The summed E-state index contributed by atoms with van der Waals surface area (Å²) in [7, 11) is 1.84. The van der Waals surface area contributed by atoms with E-state index in [9.17, 15) is 9.59 Å². The number of carbonyl (C=O) groups excluding carboxylic acids is 2. The molecule has 0 aliphatic heterocycles. The Morgan fingerprint density at radius 1 is 1.09 bits per heavy atom. The highest BCUT2D eigenvalue weighted by Gasteiger charge is 2.25. The number of aryl methyl sites for hydroxylation is 2. The lowest BCUT2D eigenvalue weighted by Crippen LogP contribution is -2.33. The van der Waals surface area contributed by atoms with Crippen LogP contribution in [0.5, 0.6) is 0 Å². The van der Waals surface area contributed by atoms with E-state index >= 15 is 0 Å². The standard InChI is InChI=1S/C24H28ClN5O2S/c1-14(2)21(27-23(32)17-9-6-15(3)7-10-17)22-28-29-24(30(22)5)33-13-20(31)26-18-11-8-16(4)19(25)12-18/h6-12,14,21H,13H2,1-5H3,(H,26,31)(H,27,32)/t21-/m1/s1. The summed E-state index contributed by atoms with van der Waals surface area (Å²) in [5, 5.41) is 15.6. The zero-order valence-corrected chi connectivity index (χ0v) is 20.9. The minimum atomic E-state index is -0.325. The van der Waals surface area contributed by atoms with Crippen molar-refractivity contribution in [1.29, 1.82) is 0 Å². The predicted octanol–water partition coefficient (Wildman–Crippen LogP) is 4.94. The zero-order valence-electron chi connectivity index (χ0n) is 19.3. The minimum Gasteiger partial charge on any atom is -0.342 e. The molecule has 7 nitrogen and oxygen atoms in total. The van der Waals surface area contributed by atoms with Gasteiger partial charge in [0.05, 0.1) is 11.8 Å². The molecule has 33 heavy (non-hydrogen) atoms. The zero-order chi connectivity index (χ0) is 24.1. The number of nitrogens with one attached hydrogen (secondary N) is 2. The number of carbonyl (C=O) groups is 2. The van der Waals surface area contributed by atoms with Crippen LogP contribution in [0.25, 0.3) is 0 Å². The Morgan fingerprint density at radius 3 is 2.42 bits per heavy atom. The van der Waals surface area contributed by atoms with Gasteiger partial charge >= 0.3 is 0 Å². The second-order valence-corrected chi connectivity index (χ2v) is 9.61. The summed E-state index contributed by atoms with van der Waals surface area (Å²) in [6.45, 7) is 7.92. The number of aromatic nitrogens is 3. The Labute approximate surface area is 203 Å². The van der Waals surface area contributed by atoms with E-state index < -0.39 is 0 Å². The number of amides is 2. The van der Waals surface area contributed by atoms with Gasteiger partial charge in [-0.15, -0.1) is 10.2 Å². The molecule has 0 fully saturated rings. The van der Waals surface area contributed by atoms with Crippen molar-refractivity contribution in [2.75, 3.05) is 11.1 Å². The summed E-state index contributed by atoms with van der Waals surface area (Å²) in [5.41, 5.74) is 3.28. The van der Waals surface area contributed by atoms with E-state index in [1.165, 1.54) is 11.8 Å². The van der Waals surface area contributed by atoms with Crippen molar-refractivity contribution in [2.45, 2.75) is 38.9 Å². The molecule has 0 aliphatic carbocycles. The van der Waals surface area contributed by atoms with E-state index in [1.807, 2.05) is 63.6 Å². The lowest BCUT2D eigenvalue weighted by atomic mass is 10.0. The van der Waals surface area contributed by atoms with Crippen LogP contribution in [-0.2, 0) is 11.8 Å². The van der Waals surface area contributed by atoms with Crippen molar-refractivity contribution in [1.82, 2.24) is 20.1 Å². The Hall–Kier alpha value is -2.84. The minimum absolute atomic E-state index is 0.0923. The summed E-state index contributed by atoms with van der Waals surface area (Å²) in [4.78, 5) is 25.1. The summed E-state index contributed by atoms with van der Waals surface area (Å²) >= 11 is 7.40. The van der Waals surface area contributed by atoms with Crippen molar-refractivity contribution in [2.24, 2.45) is 13.0 Å². The number of hydrogen-bond donors (Lipinski definition) is 2. The average Bonchev–Trinajstić information content (AvgIpc) is 3.13. The van der Waals surface area contributed by atoms with Gasteiger partial charge in [-0.1, -0.05) is 61.0 Å². The first kappa shape index (κ1) is 24.8. The van der Waals surface area contributed by atoms with E-state index in [-0.39, 0.29) is 29.5 Å². The highest BCUT2D eigenvalue weighted by atomic mass is 35.5. The summed E-state index contributed by atoms with van der Waals surface area (Å²) in [6, 6.07) is 12.5. The Balaban J connectivity index is 1.65. The summed E-state index contributed by atoms with van der Waals surface area (Å²) in [5.74, 6) is 0.563. The fourth-order valence-corrected chi connectivity index (χ4v) is 4.08. The first-order valence-corrected chi connectivity index (χ1v) is 12.0. The molecule has 174 valence electrons. The number of hydrogen-bond acceptors (Lipinski definition) is 5. The largest absolute Gasteiger partial charge is 0.342 e. The number of nitrogens with zero attached hydrogens (tertiary/aromatic N) is 3. The van der Waals surface area contributed by atoms with Crippen LogP contribution >= 0.6 is 23.4 Å². The Kier molecular flexibility index (Phi) is 8.15. The maximum atomic E-state index is 12.8. The van der Waals surface area contributed by atoms with Gasteiger partial charge in [0.15, 0.2) is 11.0 Å². The van der Waals surface area contributed by atoms with E-state index in [2.05, 4.69) is 20.8 Å². The molecule has 2 amide bonds. The second kappa shape index (κ2) is 10.9. The molecule has 0 radical (unpaired) electrons. The molecule has 0 saturated carbocycles. The topological polar surface area (TPSA) is 88.9 Å². The van der Waals surface area contributed by atoms with Gasteiger partial charge < -0.3 is 15.2 Å². The number of benzene rings is 2. The molecule has 9 heteroatoms. The molecule has 3 aromatic rings. The third-order valence-electron chi connectivity index (χ3n) is 5.20. The van der Waals surface area contributed by atoms with Crippen LogP contribution < -0.4 is 10.6 Å². The molecule has 1 heterocycles. The number of rotatable bonds is 8. The first-order chi connectivity index (χ1) is 15.7. The van der Waals surface area contributed by atoms with Gasteiger partial charge in [0, 0.05) is 23.3 Å². The first-order valence-electron chi connectivity index (χ1n) is 10.6. The maximum absolute atomic E-state index is 12.8. The maximum Gasteiger partial charge on any atom is 0.251 e. The molecule has 0 bridgehead atoms. The van der Waals surface area contributed by atoms with Crippen LogP contribution in [0, 0.1) is 19.8 Å². The van der Waals surface area contributed by atoms with Crippen LogP contribution in [-0.4, -0.2) is 32.3 Å². The monoisotopic (exact) mass is 485 g/mol. The number of halogens is 1. The molecule has 3 rings (SSSR count). The summed E-state index contributed by atoms with van der Waals surface area (Å²) < 4.78 is 1.82. The van der Waals surface area contributed by atoms with Crippen LogP contribution in [0.15, 0.2) is 47.6 Å². The smallest absolute Gasteiger partial charge is 0.251 e. The van der Waals surface area contributed by atoms with Crippen molar-refractivity contribution < 1.29 is 9.59 Å². The van der Waals surface area contributed by atoms with E-state index in [0.29, 0.717) is 27.3 Å². The number of thioether (sulfide) groups is 1. The van der Waals surface area contributed by atoms with Gasteiger partial charge in [0.2, 0.25) is 5.91 Å². The van der Waals surface area contributed by atoms with Crippen molar-refractivity contribution in [3.63, 3.8) is 0 Å². The highest BCUT2D eigenvalue weighted by molar-refractivity contribution is 7.99. The fraction of sp³-hybridized carbons (Fsp3) is 0.333. The molecule has 0 saturated heterocycles. The van der Waals surface area contributed by atoms with Gasteiger partial charge in [-0.3, -0.25) is 9.59 Å². The molecule has 0 unspecified atom stereocenters. The molecule has 1 aromatic heterocycles. The van der Waals surface area contributed by atoms with Crippen molar-refractivity contribution >= 4 is 40.9 Å². The molecular formula is C24H28ClN5O2S. The van der Waals surface area contributed by atoms with E-state index in [4.69, 9.17) is 11.6 Å². The Morgan fingerprint density at radius 2 is 1.79 bits per heavy atom. The molecular weight excluding hydrogens is 458 g/mol. The van der Waals surface area contributed by atoms with Crippen molar-refractivity contribution in [3.8, 4) is 0 Å². The quantitative estimate of drug-likeness (QED) is 0.441. The van der Waals surface area contributed by atoms with Crippen LogP contribution in [0.3, 0.4) is 0 Å². The second-order valence-electron chi connectivity index (χ2n) is 8.26. The average molecular weight is 486 g/mol. The van der Waals surface area contributed by atoms with Crippen LogP contribution in [0.4, 0.5) is 5.69 Å². The lowest BCUT2D eigenvalue weighted by Gasteiger charge is -2.21. The van der Waals surface area contributed by atoms with E-state index in [1.54, 1.807) is 18.2 Å². The van der Waals surface area contributed by atoms with Gasteiger partial charge in [-0.25, -0.2) is 0 Å². The van der Waals surface area contributed by atoms with Gasteiger partial charge in [0.25, 0.3) is 5.91 Å². The summed E-state index contributed by atoms with van der Waals surface area (Å²) in [6.07, 6.45) is 0. The molecule has 0 aliphatic rings. The van der Waals surface area contributed by atoms with Crippen LogP contribution in [0.2, 0.25) is 5.02 Å².